The van der Waals surface area contributed by atoms with Gasteiger partial charge in [-0.25, -0.2) is 0 Å². The molecule has 1 aromatic carbocycles. The van der Waals surface area contributed by atoms with Crippen molar-refractivity contribution in [2.24, 2.45) is 0 Å². The molecular formula is C16H22BrNO3. The lowest BCUT2D eigenvalue weighted by Crippen LogP contribution is -2.37. The fourth-order valence-corrected chi connectivity index (χ4v) is 3.55. The summed E-state index contributed by atoms with van der Waals surface area (Å²) in [5.74, 6) is 1.64. The van der Waals surface area contributed by atoms with E-state index in [9.17, 15) is 5.11 Å². The van der Waals surface area contributed by atoms with E-state index in [0.29, 0.717) is 13.2 Å². The van der Waals surface area contributed by atoms with Crippen LogP contribution in [0, 0.1) is 0 Å². The molecule has 1 N–H and O–H groups in total. The third-order valence-corrected chi connectivity index (χ3v) is 5.03. The fourth-order valence-electron chi connectivity index (χ4n) is 3.10. The Balaban J connectivity index is 1.79. The maximum atomic E-state index is 9.63. The summed E-state index contributed by atoms with van der Waals surface area (Å²) in [5, 5.41) is 9.63. The smallest absolute Gasteiger partial charge is 0.162 e. The Morgan fingerprint density at radius 2 is 1.90 bits per heavy atom. The summed E-state index contributed by atoms with van der Waals surface area (Å²) in [6.45, 7) is 3.34. The van der Waals surface area contributed by atoms with E-state index in [1.807, 2.05) is 6.07 Å². The Hall–Kier alpha value is -0.780. The van der Waals surface area contributed by atoms with Gasteiger partial charge in [0.1, 0.15) is 13.2 Å². The Morgan fingerprint density at radius 1 is 1.14 bits per heavy atom. The maximum absolute atomic E-state index is 9.63. The van der Waals surface area contributed by atoms with Crippen LogP contribution >= 0.6 is 15.9 Å². The number of hydrogen-bond acceptors (Lipinski definition) is 4. The lowest BCUT2D eigenvalue weighted by molar-refractivity contribution is 0.118. The van der Waals surface area contributed by atoms with Gasteiger partial charge in [0.05, 0.1) is 6.61 Å². The first kappa shape index (κ1) is 15.1. The molecule has 3 rings (SSSR count). The summed E-state index contributed by atoms with van der Waals surface area (Å²) < 4.78 is 12.3. The van der Waals surface area contributed by atoms with Crippen molar-refractivity contribution < 1.29 is 14.6 Å². The van der Waals surface area contributed by atoms with E-state index in [0.717, 1.165) is 35.5 Å². The van der Waals surface area contributed by atoms with Crippen molar-refractivity contribution in [2.45, 2.75) is 38.3 Å². The van der Waals surface area contributed by atoms with Gasteiger partial charge in [-0.2, -0.15) is 0 Å². The second kappa shape index (κ2) is 6.99. The van der Waals surface area contributed by atoms with E-state index in [-0.39, 0.29) is 12.6 Å². The van der Waals surface area contributed by atoms with Crippen LogP contribution in [0.2, 0.25) is 0 Å². The summed E-state index contributed by atoms with van der Waals surface area (Å²) in [5.41, 5.74) is 1.19. The molecule has 1 saturated heterocycles. The topological polar surface area (TPSA) is 41.9 Å². The summed E-state index contributed by atoms with van der Waals surface area (Å²) in [6, 6.07) is 4.33. The molecule has 2 heterocycles. The Morgan fingerprint density at radius 3 is 2.67 bits per heavy atom. The molecular weight excluding hydrogens is 334 g/mol. The first-order valence-electron chi connectivity index (χ1n) is 7.71. The molecule has 0 amide bonds. The highest BCUT2D eigenvalue weighted by molar-refractivity contribution is 9.10. The number of aliphatic hydroxyl groups excluding tert-OH is 1. The zero-order valence-corrected chi connectivity index (χ0v) is 13.8. The summed E-state index contributed by atoms with van der Waals surface area (Å²) >= 11 is 3.64. The second-order valence-electron chi connectivity index (χ2n) is 5.74. The second-order valence-corrected chi connectivity index (χ2v) is 6.60. The minimum absolute atomic E-state index is 0.238. The molecule has 0 spiro atoms. The minimum Gasteiger partial charge on any atom is -0.486 e. The summed E-state index contributed by atoms with van der Waals surface area (Å²) in [4.78, 5) is 2.39. The van der Waals surface area contributed by atoms with Crippen LogP contribution in [0.3, 0.4) is 0 Å². The van der Waals surface area contributed by atoms with Gasteiger partial charge in [0.25, 0.3) is 0 Å². The number of aliphatic hydroxyl groups is 1. The normalized spacial score (nSPS) is 22.9. The van der Waals surface area contributed by atoms with E-state index >= 15 is 0 Å². The number of nitrogens with zero attached hydrogens (tertiary/aromatic N) is 1. The van der Waals surface area contributed by atoms with Gasteiger partial charge in [0, 0.05) is 17.1 Å². The highest BCUT2D eigenvalue weighted by Crippen LogP contribution is 2.36. The van der Waals surface area contributed by atoms with Crippen molar-refractivity contribution in [3.8, 4) is 11.5 Å². The lowest BCUT2D eigenvalue weighted by Gasteiger charge is -2.29. The number of ether oxygens (including phenoxy) is 2. The van der Waals surface area contributed by atoms with Crippen molar-refractivity contribution in [1.29, 1.82) is 0 Å². The van der Waals surface area contributed by atoms with Crippen LogP contribution in [0.15, 0.2) is 16.6 Å². The van der Waals surface area contributed by atoms with Crippen LogP contribution in [0.25, 0.3) is 0 Å². The molecule has 2 aliphatic heterocycles. The van der Waals surface area contributed by atoms with Gasteiger partial charge in [-0.15, -0.1) is 0 Å². The van der Waals surface area contributed by atoms with E-state index in [4.69, 9.17) is 9.47 Å². The Kier molecular flexibility index (Phi) is 5.03. The average molecular weight is 356 g/mol. The highest BCUT2D eigenvalue weighted by Gasteiger charge is 2.22. The van der Waals surface area contributed by atoms with E-state index in [2.05, 4.69) is 26.9 Å². The molecule has 1 atom stereocenters. The van der Waals surface area contributed by atoms with Gasteiger partial charge in [0.15, 0.2) is 11.5 Å². The number of likely N-dealkylation sites (tertiary alicyclic amines) is 1. The van der Waals surface area contributed by atoms with Crippen molar-refractivity contribution in [2.75, 3.05) is 26.4 Å². The van der Waals surface area contributed by atoms with Crippen molar-refractivity contribution in [1.82, 2.24) is 4.90 Å². The molecule has 4 nitrogen and oxygen atoms in total. The molecule has 5 heteroatoms. The number of benzene rings is 1. The van der Waals surface area contributed by atoms with Crippen LogP contribution in [0.5, 0.6) is 11.5 Å². The van der Waals surface area contributed by atoms with Crippen LogP contribution in [0.4, 0.5) is 0 Å². The molecule has 21 heavy (non-hydrogen) atoms. The number of fused-ring (bicyclic) bond motifs is 1. The summed E-state index contributed by atoms with van der Waals surface area (Å²) in [7, 11) is 0. The first-order valence-corrected chi connectivity index (χ1v) is 8.50. The maximum Gasteiger partial charge on any atom is 0.162 e. The molecule has 0 aromatic heterocycles. The molecule has 1 aromatic rings. The third kappa shape index (κ3) is 3.52. The predicted molar refractivity (Wildman–Crippen MR) is 84.9 cm³/mol. The minimum atomic E-state index is 0.238. The largest absolute Gasteiger partial charge is 0.486 e. The van der Waals surface area contributed by atoms with Crippen LogP contribution in [-0.2, 0) is 6.54 Å². The van der Waals surface area contributed by atoms with Crippen molar-refractivity contribution in [3.63, 3.8) is 0 Å². The number of rotatable bonds is 3. The lowest BCUT2D eigenvalue weighted by atomic mass is 10.1. The van der Waals surface area contributed by atoms with E-state index < -0.39 is 0 Å². The first-order chi connectivity index (χ1) is 10.3. The summed E-state index contributed by atoms with van der Waals surface area (Å²) in [6.07, 6.45) is 4.76. The molecule has 116 valence electrons. The van der Waals surface area contributed by atoms with Crippen LogP contribution < -0.4 is 9.47 Å². The standard InChI is InChI=1S/C16H22BrNO3/c17-14-9-16-15(20-6-7-21-16)8-12(14)10-18-5-3-1-2-4-13(18)11-19/h8-9,13,19H,1-7,10-11H2. The van der Waals surface area contributed by atoms with Crippen LogP contribution in [0.1, 0.15) is 31.2 Å². The van der Waals surface area contributed by atoms with Crippen molar-refractivity contribution in [3.05, 3.63) is 22.2 Å². The monoisotopic (exact) mass is 355 g/mol. The van der Waals surface area contributed by atoms with Gasteiger partial charge in [-0.3, -0.25) is 4.90 Å². The molecule has 0 aliphatic carbocycles. The van der Waals surface area contributed by atoms with Crippen molar-refractivity contribution >= 4 is 15.9 Å². The number of halogens is 1. The Labute approximate surface area is 134 Å². The molecule has 1 unspecified atom stereocenters. The predicted octanol–water partition coefficient (Wildman–Crippen LogP) is 2.96. The molecule has 0 bridgehead atoms. The van der Waals surface area contributed by atoms with Gasteiger partial charge in [0.2, 0.25) is 0 Å². The van der Waals surface area contributed by atoms with Gasteiger partial charge in [-0.05, 0) is 37.1 Å². The van der Waals surface area contributed by atoms with Crippen LogP contribution in [-0.4, -0.2) is 42.4 Å². The van der Waals surface area contributed by atoms with Gasteiger partial charge >= 0.3 is 0 Å². The van der Waals surface area contributed by atoms with Gasteiger partial charge < -0.3 is 14.6 Å². The number of hydrogen-bond donors (Lipinski definition) is 1. The SMILES string of the molecule is OCC1CCCCCN1Cc1cc2c(cc1Br)OCCO2. The zero-order chi connectivity index (χ0) is 14.7. The molecule has 0 saturated carbocycles. The molecule has 2 aliphatic rings. The van der Waals surface area contributed by atoms with Gasteiger partial charge in [-0.1, -0.05) is 28.8 Å². The Bertz CT molecular complexity index is 495. The zero-order valence-electron chi connectivity index (χ0n) is 12.2. The average Bonchev–Trinajstić information content (AvgIpc) is 2.73. The quantitative estimate of drug-likeness (QED) is 0.904. The molecule has 0 radical (unpaired) electrons. The highest BCUT2D eigenvalue weighted by atomic mass is 79.9. The molecule has 1 fully saturated rings. The van der Waals surface area contributed by atoms with E-state index in [1.165, 1.54) is 24.8 Å². The van der Waals surface area contributed by atoms with E-state index in [1.54, 1.807) is 0 Å². The third-order valence-electron chi connectivity index (χ3n) is 4.29. The fraction of sp³-hybridized carbons (Fsp3) is 0.625.